The molecular formula is C12H20N4O. The zero-order valence-electron chi connectivity index (χ0n) is 10.3. The van der Waals surface area contributed by atoms with Crippen LogP contribution in [-0.4, -0.2) is 48.2 Å². The first-order valence-electron chi connectivity index (χ1n) is 6.09. The monoisotopic (exact) mass is 236 g/mol. The average molecular weight is 236 g/mol. The van der Waals surface area contributed by atoms with Crippen molar-refractivity contribution in [3.8, 4) is 0 Å². The Hall–Kier alpha value is -1.20. The largest absolute Gasteiger partial charge is 0.383 e. The van der Waals surface area contributed by atoms with Gasteiger partial charge in [-0.25, -0.2) is 9.97 Å². The van der Waals surface area contributed by atoms with E-state index < -0.39 is 0 Å². The molecule has 1 fully saturated rings. The van der Waals surface area contributed by atoms with Gasteiger partial charge in [-0.05, 0) is 25.5 Å². The van der Waals surface area contributed by atoms with Gasteiger partial charge in [0.2, 0.25) is 5.95 Å². The number of methoxy groups -OCH3 is 1. The second-order valence-corrected chi connectivity index (χ2v) is 4.47. The lowest BCUT2D eigenvalue weighted by molar-refractivity contribution is 0.127. The number of anilines is 1. The van der Waals surface area contributed by atoms with Gasteiger partial charge in [-0.3, -0.25) is 0 Å². The minimum absolute atomic E-state index is 0.372. The lowest BCUT2D eigenvalue weighted by atomic mass is 9.94. The van der Waals surface area contributed by atoms with Crippen LogP contribution in [0.25, 0.3) is 0 Å². The number of hydrogen-bond donors (Lipinski definition) is 1. The summed E-state index contributed by atoms with van der Waals surface area (Å²) in [4.78, 5) is 10.7. The van der Waals surface area contributed by atoms with E-state index in [9.17, 15) is 0 Å². The molecule has 1 atom stereocenters. The van der Waals surface area contributed by atoms with Crippen LogP contribution >= 0.6 is 0 Å². The van der Waals surface area contributed by atoms with Crippen molar-refractivity contribution in [1.29, 1.82) is 0 Å². The molecule has 0 radical (unpaired) electrons. The van der Waals surface area contributed by atoms with E-state index in [1.165, 1.54) is 12.8 Å². The highest BCUT2D eigenvalue weighted by atomic mass is 16.5. The first-order chi connectivity index (χ1) is 8.29. The molecule has 1 aliphatic rings. The predicted molar refractivity (Wildman–Crippen MR) is 66.7 cm³/mol. The van der Waals surface area contributed by atoms with Gasteiger partial charge in [0.05, 0.1) is 12.3 Å². The Morgan fingerprint density at radius 3 is 3.24 bits per heavy atom. The van der Waals surface area contributed by atoms with Crippen molar-refractivity contribution in [2.45, 2.75) is 18.8 Å². The molecule has 2 N–H and O–H groups in total. The van der Waals surface area contributed by atoms with Gasteiger partial charge in [0, 0.05) is 32.3 Å². The van der Waals surface area contributed by atoms with Crippen LogP contribution in [0.15, 0.2) is 12.3 Å². The number of rotatable bonds is 4. The number of nitrogens with two attached hydrogens (primary N) is 1. The quantitative estimate of drug-likeness (QED) is 0.841. The molecule has 1 aliphatic heterocycles. The fraction of sp³-hybridized carbons (Fsp3) is 0.667. The van der Waals surface area contributed by atoms with Gasteiger partial charge in [-0.15, -0.1) is 0 Å². The topological polar surface area (TPSA) is 64.3 Å². The molecule has 1 aromatic heterocycles. The number of nitrogen functional groups attached to an aromatic ring is 1. The van der Waals surface area contributed by atoms with Crippen molar-refractivity contribution in [2.24, 2.45) is 0 Å². The minimum Gasteiger partial charge on any atom is -0.383 e. The predicted octanol–water partition coefficient (Wildman–Crippen LogP) is 0.885. The molecule has 0 amide bonds. The Kier molecular flexibility index (Phi) is 4.28. The second-order valence-electron chi connectivity index (χ2n) is 4.47. The maximum Gasteiger partial charge on any atom is 0.220 e. The summed E-state index contributed by atoms with van der Waals surface area (Å²) >= 11 is 0. The van der Waals surface area contributed by atoms with Gasteiger partial charge in [0.25, 0.3) is 0 Å². The van der Waals surface area contributed by atoms with Crippen molar-refractivity contribution in [3.05, 3.63) is 18.0 Å². The third-order valence-electron chi connectivity index (χ3n) is 3.23. The third-order valence-corrected chi connectivity index (χ3v) is 3.23. The maximum absolute atomic E-state index is 5.62. The summed E-state index contributed by atoms with van der Waals surface area (Å²) in [7, 11) is 1.74. The van der Waals surface area contributed by atoms with Crippen molar-refractivity contribution in [3.63, 3.8) is 0 Å². The molecule has 0 aromatic carbocycles. The molecule has 0 aliphatic carbocycles. The van der Waals surface area contributed by atoms with Crippen molar-refractivity contribution < 1.29 is 4.74 Å². The Morgan fingerprint density at radius 2 is 2.47 bits per heavy atom. The minimum atomic E-state index is 0.372. The lowest BCUT2D eigenvalue weighted by Gasteiger charge is -2.32. The van der Waals surface area contributed by atoms with Gasteiger partial charge < -0.3 is 15.4 Å². The Morgan fingerprint density at radius 1 is 1.59 bits per heavy atom. The highest BCUT2D eigenvalue weighted by Gasteiger charge is 2.22. The molecule has 17 heavy (non-hydrogen) atoms. The molecular weight excluding hydrogens is 216 g/mol. The number of ether oxygens (including phenoxy) is 1. The second kappa shape index (κ2) is 5.93. The van der Waals surface area contributed by atoms with Gasteiger partial charge in [-0.2, -0.15) is 0 Å². The Balaban J connectivity index is 1.97. The molecule has 2 heterocycles. The summed E-state index contributed by atoms with van der Waals surface area (Å²) in [5.41, 5.74) is 6.69. The smallest absolute Gasteiger partial charge is 0.220 e. The lowest BCUT2D eigenvalue weighted by Crippen LogP contribution is -2.36. The van der Waals surface area contributed by atoms with Crippen LogP contribution in [0.3, 0.4) is 0 Å². The van der Waals surface area contributed by atoms with Crippen LogP contribution in [0.5, 0.6) is 0 Å². The fourth-order valence-corrected chi connectivity index (χ4v) is 2.34. The molecule has 2 rings (SSSR count). The van der Waals surface area contributed by atoms with E-state index in [-0.39, 0.29) is 0 Å². The molecule has 0 bridgehead atoms. The first kappa shape index (κ1) is 12.3. The summed E-state index contributed by atoms with van der Waals surface area (Å²) in [5, 5.41) is 0. The highest BCUT2D eigenvalue weighted by molar-refractivity contribution is 5.20. The molecule has 5 nitrogen and oxygen atoms in total. The van der Waals surface area contributed by atoms with Crippen molar-refractivity contribution >= 4 is 5.95 Å². The average Bonchev–Trinajstić information content (AvgIpc) is 2.37. The van der Waals surface area contributed by atoms with Gasteiger partial charge in [-0.1, -0.05) is 0 Å². The summed E-state index contributed by atoms with van der Waals surface area (Å²) in [6.45, 7) is 3.98. The van der Waals surface area contributed by atoms with Gasteiger partial charge >= 0.3 is 0 Å². The van der Waals surface area contributed by atoms with E-state index in [1.807, 2.05) is 6.07 Å². The summed E-state index contributed by atoms with van der Waals surface area (Å²) < 4.78 is 5.12. The van der Waals surface area contributed by atoms with Crippen molar-refractivity contribution in [1.82, 2.24) is 14.9 Å². The molecule has 0 unspecified atom stereocenters. The van der Waals surface area contributed by atoms with Gasteiger partial charge in [0.15, 0.2) is 0 Å². The van der Waals surface area contributed by atoms with Crippen LogP contribution in [0.4, 0.5) is 5.95 Å². The molecule has 0 spiro atoms. The Labute approximate surface area is 102 Å². The fourth-order valence-electron chi connectivity index (χ4n) is 2.34. The number of aromatic nitrogens is 2. The number of nitrogens with zero attached hydrogens (tertiary/aromatic N) is 3. The van der Waals surface area contributed by atoms with Crippen LogP contribution in [-0.2, 0) is 4.74 Å². The zero-order chi connectivity index (χ0) is 12.1. The number of likely N-dealkylation sites (tertiary alicyclic amines) is 1. The molecule has 5 heteroatoms. The van der Waals surface area contributed by atoms with E-state index in [0.29, 0.717) is 11.9 Å². The molecule has 94 valence electrons. The maximum atomic E-state index is 5.62. The van der Waals surface area contributed by atoms with Crippen molar-refractivity contribution in [2.75, 3.05) is 39.1 Å². The van der Waals surface area contributed by atoms with Crippen LogP contribution in [0, 0.1) is 0 Å². The third kappa shape index (κ3) is 3.38. The standard InChI is InChI=1S/C12H20N4O/c1-17-8-7-16-6-2-3-10(9-16)11-4-5-14-12(13)15-11/h4-5,10H,2-3,6-9H2,1H3,(H2,13,14,15)/t10-/m0/s1. The van der Waals surface area contributed by atoms with E-state index in [1.54, 1.807) is 13.3 Å². The van der Waals surface area contributed by atoms with Crippen LogP contribution in [0.2, 0.25) is 0 Å². The number of hydrogen-bond acceptors (Lipinski definition) is 5. The molecule has 1 aromatic rings. The summed E-state index contributed by atoms with van der Waals surface area (Å²) in [5.74, 6) is 0.849. The molecule has 1 saturated heterocycles. The zero-order valence-corrected chi connectivity index (χ0v) is 10.3. The summed E-state index contributed by atoms with van der Waals surface area (Å²) in [6, 6.07) is 1.97. The summed E-state index contributed by atoms with van der Waals surface area (Å²) in [6.07, 6.45) is 4.13. The van der Waals surface area contributed by atoms with E-state index in [4.69, 9.17) is 10.5 Å². The first-order valence-corrected chi connectivity index (χ1v) is 6.09. The van der Waals surface area contributed by atoms with Crippen LogP contribution < -0.4 is 5.73 Å². The normalized spacial score (nSPS) is 21.6. The number of piperidine rings is 1. The van der Waals surface area contributed by atoms with Crippen LogP contribution in [0.1, 0.15) is 24.5 Å². The Bertz CT molecular complexity index is 358. The van der Waals surface area contributed by atoms with E-state index >= 15 is 0 Å². The molecule has 0 saturated carbocycles. The van der Waals surface area contributed by atoms with E-state index in [0.717, 1.165) is 31.9 Å². The van der Waals surface area contributed by atoms with E-state index in [2.05, 4.69) is 14.9 Å². The SMILES string of the molecule is COCCN1CCC[C@H](c2ccnc(N)n2)C1. The highest BCUT2D eigenvalue weighted by Crippen LogP contribution is 2.25. The van der Waals surface area contributed by atoms with Gasteiger partial charge in [0.1, 0.15) is 0 Å².